The molecule has 0 N–H and O–H groups in total. The summed E-state index contributed by atoms with van der Waals surface area (Å²) in [5, 5.41) is 8.68. The third-order valence-corrected chi connectivity index (χ3v) is 5.52. The molecule has 0 aromatic heterocycles. The van der Waals surface area contributed by atoms with Crippen molar-refractivity contribution in [3.8, 4) is 6.07 Å². The van der Waals surface area contributed by atoms with Crippen LogP contribution in [0.2, 0.25) is 0 Å². The summed E-state index contributed by atoms with van der Waals surface area (Å²) in [6.45, 7) is 12.7. The van der Waals surface area contributed by atoms with Gasteiger partial charge < -0.3 is 9.26 Å². The second-order valence-electron chi connectivity index (χ2n) is 5.13. The minimum atomic E-state index is -0.797. The molecule has 1 unspecified atom stereocenters. The van der Waals surface area contributed by atoms with E-state index in [0.717, 1.165) is 26.3 Å². The molecule has 0 amide bonds. The topological polar surface area (TPSA) is 48.7 Å². The van der Waals surface area contributed by atoms with Crippen LogP contribution >= 0.6 is 8.45 Å². The number of hydrogen-bond donors (Lipinski definition) is 0. The molecule has 1 aliphatic heterocycles. The van der Waals surface area contributed by atoms with E-state index >= 15 is 0 Å². The Kier molecular flexibility index (Phi) is 7.82. The highest BCUT2D eigenvalue weighted by Gasteiger charge is 2.32. The van der Waals surface area contributed by atoms with E-state index in [4.69, 9.17) is 14.5 Å². The fraction of sp³-hybridized carbons (Fsp3) is 0.923. The van der Waals surface area contributed by atoms with Gasteiger partial charge in [0, 0.05) is 25.2 Å². The molecule has 0 radical (unpaired) electrons. The Morgan fingerprint density at radius 2 is 1.84 bits per heavy atom. The van der Waals surface area contributed by atoms with Crippen LogP contribution in [0.3, 0.4) is 0 Å². The SMILES string of the molecule is CC(C)N(C(C)C)P(OCCC#N)N1CCOCC1. The van der Waals surface area contributed by atoms with E-state index in [1.807, 2.05) is 0 Å². The third-order valence-electron chi connectivity index (χ3n) is 2.91. The van der Waals surface area contributed by atoms with Crippen LogP contribution < -0.4 is 0 Å². The van der Waals surface area contributed by atoms with Crippen molar-refractivity contribution >= 4 is 8.45 Å². The van der Waals surface area contributed by atoms with Gasteiger partial charge in [0.05, 0.1) is 32.3 Å². The summed E-state index contributed by atoms with van der Waals surface area (Å²) in [4.78, 5) is 0. The average molecular weight is 287 g/mol. The van der Waals surface area contributed by atoms with Gasteiger partial charge in [0.2, 0.25) is 0 Å². The summed E-state index contributed by atoms with van der Waals surface area (Å²) >= 11 is 0. The summed E-state index contributed by atoms with van der Waals surface area (Å²) in [7, 11) is -0.797. The Bertz CT molecular complexity index is 280. The lowest BCUT2D eigenvalue weighted by Gasteiger charge is -2.43. The van der Waals surface area contributed by atoms with Gasteiger partial charge in [-0.3, -0.25) is 0 Å². The Morgan fingerprint density at radius 3 is 2.32 bits per heavy atom. The van der Waals surface area contributed by atoms with Gasteiger partial charge in [-0.25, -0.2) is 9.34 Å². The highest BCUT2D eigenvalue weighted by Crippen LogP contribution is 2.48. The lowest BCUT2D eigenvalue weighted by Crippen LogP contribution is -2.42. The third kappa shape index (κ3) is 5.33. The van der Waals surface area contributed by atoms with Crippen LogP contribution in [0.15, 0.2) is 0 Å². The minimum absolute atomic E-state index is 0.427. The standard InChI is InChI=1S/C13H26N3O2P/c1-12(2)16(13(3)4)19(18-9-5-6-14)15-7-10-17-11-8-15/h12-13H,5,7-11H2,1-4H3. The monoisotopic (exact) mass is 287 g/mol. The molecular weight excluding hydrogens is 261 g/mol. The molecule has 1 aliphatic rings. The van der Waals surface area contributed by atoms with Crippen molar-refractivity contribution in [2.45, 2.75) is 46.2 Å². The highest BCUT2D eigenvalue weighted by atomic mass is 31.2. The maximum Gasteiger partial charge on any atom is 0.188 e. The van der Waals surface area contributed by atoms with Gasteiger partial charge in [0.25, 0.3) is 0 Å². The molecule has 1 saturated heterocycles. The van der Waals surface area contributed by atoms with Crippen molar-refractivity contribution in [1.82, 2.24) is 9.34 Å². The molecule has 110 valence electrons. The number of morpholine rings is 1. The zero-order valence-corrected chi connectivity index (χ0v) is 13.4. The largest absolute Gasteiger partial charge is 0.379 e. The first kappa shape index (κ1) is 16.8. The number of nitriles is 1. The van der Waals surface area contributed by atoms with Crippen molar-refractivity contribution in [1.29, 1.82) is 5.26 Å². The molecule has 0 spiro atoms. The second-order valence-corrected chi connectivity index (χ2v) is 6.92. The molecule has 0 aromatic rings. The van der Waals surface area contributed by atoms with Crippen molar-refractivity contribution < 1.29 is 9.26 Å². The first-order chi connectivity index (χ1) is 9.07. The lowest BCUT2D eigenvalue weighted by atomic mass is 10.3. The predicted octanol–water partition coefficient (Wildman–Crippen LogP) is 2.59. The molecule has 1 rings (SSSR count). The highest BCUT2D eigenvalue weighted by molar-refractivity contribution is 7.47. The van der Waals surface area contributed by atoms with Crippen LogP contribution in [0.1, 0.15) is 34.1 Å². The van der Waals surface area contributed by atoms with Gasteiger partial charge in [0.1, 0.15) is 0 Å². The van der Waals surface area contributed by atoms with E-state index in [9.17, 15) is 0 Å². The van der Waals surface area contributed by atoms with E-state index in [1.165, 1.54) is 0 Å². The zero-order chi connectivity index (χ0) is 14.3. The predicted molar refractivity (Wildman–Crippen MR) is 77.6 cm³/mol. The Balaban J connectivity index is 2.73. The van der Waals surface area contributed by atoms with Gasteiger partial charge >= 0.3 is 0 Å². The smallest absolute Gasteiger partial charge is 0.188 e. The zero-order valence-electron chi connectivity index (χ0n) is 12.5. The summed E-state index contributed by atoms with van der Waals surface area (Å²) < 4.78 is 16.2. The van der Waals surface area contributed by atoms with Crippen molar-refractivity contribution in [3.05, 3.63) is 0 Å². The summed E-state index contributed by atoms with van der Waals surface area (Å²) in [6.07, 6.45) is 0.452. The molecule has 0 bridgehead atoms. The quantitative estimate of drug-likeness (QED) is 0.532. The summed E-state index contributed by atoms with van der Waals surface area (Å²) in [5.74, 6) is 0. The average Bonchev–Trinajstić information content (AvgIpc) is 2.38. The van der Waals surface area contributed by atoms with Gasteiger partial charge in [-0.05, 0) is 27.7 Å². The van der Waals surface area contributed by atoms with E-state index in [1.54, 1.807) is 0 Å². The fourth-order valence-corrected chi connectivity index (χ4v) is 4.32. The summed E-state index contributed by atoms with van der Waals surface area (Å²) in [5.41, 5.74) is 0. The van der Waals surface area contributed by atoms with E-state index < -0.39 is 8.45 Å². The van der Waals surface area contributed by atoms with E-state index in [2.05, 4.69) is 43.1 Å². The van der Waals surface area contributed by atoms with Crippen LogP contribution in [-0.2, 0) is 9.26 Å². The molecule has 1 heterocycles. The van der Waals surface area contributed by atoms with Gasteiger partial charge in [-0.2, -0.15) is 5.26 Å². The van der Waals surface area contributed by atoms with Gasteiger partial charge in [-0.15, -0.1) is 0 Å². The maximum atomic E-state index is 8.68. The van der Waals surface area contributed by atoms with Gasteiger partial charge in [0.15, 0.2) is 8.45 Å². The van der Waals surface area contributed by atoms with Gasteiger partial charge in [-0.1, -0.05) is 0 Å². The van der Waals surface area contributed by atoms with Crippen molar-refractivity contribution in [2.75, 3.05) is 32.9 Å². The molecule has 1 atom stereocenters. The first-order valence-corrected chi connectivity index (χ1v) is 8.15. The number of hydrogen-bond acceptors (Lipinski definition) is 5. The second kappa shape index (κ2) is 8.84. The van der Waals surface area contributed by atoms with Crippen molar-refractivity contribution in [2.24, 2.45) is 0 Å². The Hall–Kier alpha value is -0.240. The Labute approximate surface area is 118 Å². The summed E-state index contributed by atoms with van der Waals surface area (Å²) in [6, 6.07) is 3.00. The number of nitrogens with zero attached hydrogens (tertiary/aromatic N) is 3. The van der Waals surface area contributed by atoms with Crippen LogP contribution in [0.5, 0.6) is 0 Å². The molecule has 1 fully saturated rings. The molecule has 6 heteroatoms. The lowest BCUT2D eigenvalue weighted by molar-refractivity contribution is 0.0633. The molecule has 5 nitrogen and oxygen atoms in total. The van der Waals surface area contributed by atoms with E-state index in [-0.39, 0.29) is 0 Å². The van der Waals surface area contributed by atoms with E-state index in [0.29, 0.717) is 25.1 Å². The van der Waals surface area contributed by atoms with Crippen LogP contribution in [0, 0.1) is 11.3 Å². The fourth-order valence-electron chi connectivity index (χ4n) is 2.18. The minimum Gasteiger partial charge on any atom is -0.379 e. The maximum absolute atomic E-state index is 8.68. The molecule has 0 aromatic carbocycles. The molecule has 0 saturated carbocycles. The van der Waals surface area contributed by atoms with Crippen molar-refractivity contribution in [3.63, 3.8) is 0 Å². The molecule has 19 heavy (non-hydrogen) atoms. The Morgan fingerprint density at radius 1 is 1.26 bits per heavy atom. The normalized spacial score (nSPS) is 19.1. The number of rotatable bonds is 7. The molecular formula is C13H26N3O2P. The van der Waals surface area contributed by atoms with Crippen LogP contribution in [0.4, 0.5) is 0 Å². The molecule has 0 aliphatic carbocycles. The van der Waals surface area contributed by atoms with Crippen LogP contribution in [0.25, 0.3) is 0 Å². The number of ether oxygens (including phenoxy) is 1. The van der Waals surface area contributed by atoms with Crippen LogP contribution in [-0.4, -0.2) is 54.3 Å². The first-order valence-electron chi connectivity index (χ1n) is 6.98.